The zero-order valence-electron chi connectivity index (χ0n) is 19.4. The SMILES string of the molecule is CCCCCCC1OCC(COC(=O)C(C)c2ccc3c(c2)SCc2ccccc2C3=O)O1. The summed E-state index contributed by atoms with van der Waals surface area (Å²) in [4.78, 5) is 26.6. The first kappa shape index (κ1) is 24.0. The Bertz CT molecular complexity index is 988. The lowest BCUT2D eigenvalue weighted by Crippen LogP contribution is -2.24. The van der Waals surface area contributed by atoms with E-state index in [1.165, 1.54) is 19.3 Å². The van der Waals surface area contributed by atoms with Crippen molar-refractivity contribution in [1.82, 2.24) is 0 Å². The lowest BCUT2D eigenvalue weighted by Gasteiger charge is -2.16. The molecule has 1 fully saturated rings. The number of esters is 1. The topological polar surface area (TPSA) is 61.8 Å². The fourth-order valence-corrected chi connectivity index (χ4v) is 5.30. The van der Waals surface area contributed by atoms with Gasteiger partial charge in [0.1, 0.15) is 12.7 Å². The lowest BCUT2D eigenvalue weighted by atomic mass is 9.95. The van der Waals surface area contributed by atoms with Gasteiger partial charge in [-0.3, -0.25) is 9.59 Å². The van der Waals surface area contributed by atoms with Crippen molar-refractivity contribution in [2.24, 2.45) is 0 Å². The van der Waals surface area contributed by atoms with Crippen LogP contribution < -0.4 is 0 Å². The Morgan fingerprint density at radius 2 is 2.00 bits per heavy atom. The fraction of sp³-hybridized carbons (Fsp3) is 0.481. The number of ether oxygens (including phenoxy) is 3. The number of rotatable bonds is 9. The molecule has 0 saturated carbocycles. The fourth-order valence-electron chi connectivity index (χ4n) is 4.20. The molecular weight excluding hydrogens is 436 g/mol. The summed E-state index contributed by atoms with van der Waals surface area (Å²) in [6.07, 6.45) is 5.20. The summed E-state index contributed by atoms with van der Waals surface area (Å²) in [5.41, 5.74) is 3.34. The molecule has 2 heterocycles. The Labute approximate surface area is 200 Å². The van der Waals surface area contributed by atoms with Gasteiger partial charge in [0.25, 0.3) is 0 Å². The van der Waals surface area contributed by atoms with E-state index in [4.69, 9.17) is 14.2 Å². The molecule has 4 rings (SSSR count). The molecule has 2 aliphatic rings. The average Bonchev–Trinajstić information content (AvgIpc) is 3.25. The van der Waals surface area contributed by atoms with Crippen molar-refractivity contribution >= 4 is 23.5 Å². The van der Waals surface area contributed by atoms with Crippen LogP contribution >= 0.6 is 11.8 Å². The first-order valence-corrected chi connectivity index (χ1v) is 12.9. The molecule has 3 atom stereocenters. The molecule has 3 unspecified atom stereocenters. The maximum atomic E-state index is 13.0. The van der Waals surface area contributed by atoms with E-state index >= 15 is 0 Å². The molecule has 5 nitrogen and oxygen atoms in total. The van der Waals surface area contributed by atoms with Gasteiger partial charge in [0.15, 0.2) is 12.1 Å². The molecule has 2 aromatic rings. The molecule has 0 radical (unpaired) electrons. The Balaban J connectivity index is 1.31. The second kappa shape index (κ2) is 11.3. The predicted molar refractivity (Wildman–Crippen MR) is 129 cm³/mol. The molecule has 0 amide bonds. The third kappa shape index (κ3) is 5.86. The summed E-state index contributed by atoms with van der Waals surface area (Å²) < 4.78 is 17.1. The van der Waals surface area contributed by atoms with Crippen LogP contribution in [0.5, 0.6) is 0 Å². The zero-order valence-corrected chi connectivity index (χ0v) is 20.2. The quantitative estimate of drug-likeness (QED) is 0.338. The molecule has 176 valence electrons. The summed E-state index contributed by atoms with van der Waals surface area (Å²) in [5, 5.41) is 0. The minimum absolute atomic E-state index is 0.0370. The summed E-state index contributed by atoms with van der Waals surface area (Å²) in [7, 11) is 0. The molecule has 0 N–H and O–H groups in total. The van der Waals surface area contributed by atoms with E-state index in [1.54, 1.807) is 11.8 Å². The highest BCUT2D eigenvalue weighted by Gasteiger charge is 2.28. The highest BCUT2D eigenvalue weighted by Crippen LogP contribution is 2.35. The maximum Gasteiger partial charge on any atom is 0.313 e. The number of ketones is 1. The predicted octanol–water partition coefficient (Wildman–Crippen LogP) is 5.88. The van der Waals surface area contributed by atoms with Gasteiger partial charge in [-0.15, -0.1) is 11.8 Å². The molecule has 6 heteroatoms. The minimum Gasteiger partial charge on any atom is -0.462 e. The van der Waals surface area contributed by atoms with Crippen LogP contribution in [0.1, 0.15) is 78.9 Å². The highest BCUT2D eigenvalue weighted by atomic mass is 32.2. The van der Waals surface area contributed by atoms with Gasteiger partial charge in [-0.1, -0.05) is 56.5 Å². The maximum absolute atomic E-state index is 13.0. The Morgan fingerprint density at radius 3 is 2.85 bits per heavy atom. The first-order chi connectivity index (χ1) is 16.1. The van der Waals surface area contributed by atoms with Crippen molar-refractivity contribution in [3.05, 3.63) is 64.7 Å². The number of fused-ring (bicyclic) bond motifs is 2. The van der Waals surface area contributed by atoms with Crippen LogP contribution in [0.3, 0.4) is 0 Å². The van der Waals surface area contributed by atoms with Gasteiger partial charge in [-0.2, -0.15) is 0 Å². The van der Waals surface area contributed by atoms with Crippen LogP contribution in [0.4, 0.5) is 0 Å². The van der Waals surface area contributed by atoms with E-state index in [1.807, 2.05) is 49.4 Å². The number of thioether (sulfide) groups is 1. The smallest absolute Gasteiger partial charge is 0.313 e. The van der Waals surface area contributed by atoms with Gasteiger partial charge < -0.3 is 14.2 Å². The standard InChI is InChI=1S/C27H32O5S/c1-3-4-5-6-11-25-30-15-21(32-25)16-31-27(29)18(2)19-12-13-23-24(14-19)33-17-20-9-7-8-10-22(20)26(23)28/h7-10,12-14,18,21,25H,3-6,11,15-17H2,1-2H3. The first-order valence-electron chi connectivity index (χ1n) is 11.9. The largest absolute Gasteiger partial charge is 0.462 e. The van der Waals surface area contributed by atoms with Crippen LogP contribution in [0, 0.1) is 0 Å². The highest BCUT2D eigenvalue weighted by molar-refractivity contribution is 7.98. The number of benzene rings is 2. The lowest BCUT2D eigenvalue weighted by molar-refractivity contribution is -0.149. The normalized spacial score (nSPS) is 20.6. The number of unbranched alkanes of at least 4 members (excludes halogenated alkanes) is 3. The average molecular weight is 469 g/mol. The van der Waals surface area contributed by atoms with Crippen LogP contribution in [0.25, 0.3) is 0 Å². The van der Waals surface area contributed by atoms with E-state index in [9.17, 15) is 9.59 Å². The molecule has 2 aromatic carbocycles. The summed E-state index contributed by atoms with van der Waals surface area (Å²) in [6.45, 7) is 4.68. The van der Waals surface area contributed by atoms with Crippen LogP contribution in [0.15, 0.2) is 47.4 Å². The van der Waals surface area contributed by atoms with Crippen LogP contribution in [0.2, 0.25) is 0 Å². The van der Waals surface area contributed by atoms with Crippen molar-refractivity contribution in [3.63, 3.8) is 0 Å². The number of carbonyl (C=O) groups is 2. The molecular formula is C27H32O5S. The van der Waals surface area contributed by atoms with E-state index in [-0.39, 0.29) is 30.8 Å². The second-order valence-corrected chi connectivity index (χ2v) is 9.77. The van der Waals surface area contributed by atoms with Gasteiger partial charge >= 0.3 is 5.97 Å². The summed E-state index contributed by atoms with van der Waals surface area (Å²) >= 11 is 1.63. The number of hydrogen-bond acceptors (Lipinski definition) is 6. The van der Waals surface area contributed by atoms with Gasteiger partial charge in [0, 0.05) is 21.8 Å². The van der Waals surface area contributed by atoms with Crippen molar-refractivity contribution in [2.75, 3.05) is 13.2 Å². The van der Waals surface area contributed by atoms with E-state index in [0.717, 1.165) is 40.2 Å². The van der Waals surface area contributed by atoms with Crippen molar-refractivity contribution in [3.8, 4) is 0 Å². The Kier molecular flexibility index (Phi) is 8.23. The summed E-state index contributed by atoms with van der Waals surface area (Å²) in [6, 6.07) is 13.4. The molecule has 0 spiro atoms. The van der Waals surface area contributed by atoms with Gasteiger partial charge in [-0.25, -0.2) is 0 Å². The number of hydrogen-bond donors (Lipinski definition) is 0. The van der Waals surface area contributed by atoms with Crippen LogP contribution in [-0.2, 0) is 24.8 Å². The van der Waals surface area contributed by atoms with E-state index in [2.05, 4.69) is 6.92 Å². The van der Waals surface area contributed by atoms with Crippen molar-refractivity contribution in [1.29, 1.82) is 0 Å². The van der Waals surface area contributed by atoms with Crippen LogP contribution in [-0.4, -0.2) is 37.4 Å². The second-order valence-electron chi connectivity index (χ2n) is 8.75. The summed E-state index contributed by atoms with van der Waals surface area (Å²) in [5.74, 6) is 0.0486. The van der Waals surface area contributed by atoms with E-state index in [0.29, 0.717) is 12.2 Å². The van der Waals surface area contributed by atoms with Gasteiger partial charge in [0.2, 0.25) is 0 Å². The number of carbonyl (C=O) groups excluding carboxylic acids is 2. The molecule has 1 saturated heterocycles. The molecule has 0 aromatic heterocycles. The third-order valence-corrected chi connectivity index (χ3v) is 7.37. The van der Waals surface area contributed by atoms with Gasteiger partial charge in [0.05, 0.1) is 12.5 Å². The molecule has 0 aliphatic carbocycles. The Morgan fingerprint density at radius 1 is 1.15 bits per heavy atom. The van der Waals surface area contributed by atoms with Crippen molar-refractivity contribution in [2.45, 2.75) is 74.9 Å². The Hall–Kier alpha value is -2.15. The zero-order chi connectivity index (χ0) is 23.2. The molecule has 0 bridgehead atoms. The van der Waals surface area contributed by atoms with Gasteiger partial charge in [-0.05, 0) is 43.0 Å². The van der Waals surface area contributed by atoms with Crippen molar-refractivity contribution < 1.29 is 23.8 Å². The monoisotopic (exact) mass is 468 g/mol. The molecule has 33 heavy (non-hydrogen) atoms. The third-order valence-electron chi connectivity index (χ3n) is 6.27. The van der Waals surface area contributed by atoms with E-state index < -0.39 is 5.92 Å². The minimum atomic E-state index is -0.427. The molecule has 2 aliphatic heterocycles.